The van der Waals surface area contributed by atoms with Crippen molar-refractivity contribution in [3.8, 4) is 17.0 Å². The van der Waals surface area contributed by atoms with E-state index in [4.69, 9.17) is 9.47 Å². The number of amides is 2. The summed E-state index contributed by atoms with van der Waals surface area (Å²) in [6.45, 7) is 1.93. The molecule has 1 fully saturated rings. The van der Waals surface area contributed by atoms with E-state index in [2.05, 4.69) is 20.6 Å². The Morgan fingerprint density at radius 1 is 1.00 bits per heavy atom. The number of nitrogens with one attached hydrogen (secondary N) is 2. The van der Waals surface area contributed by atoms with Crippen molar-refractivity contribution < 1.29 is 33.4 Å². The van der Waals surface area contributed by atoms with E-state index < -0.39 is 17.6 Å². The van der Waals surface area contributed by atoms with Crippen molar-refractivity contribution >= 4 is 41.7 Å². The number of fused-ring (bicyclic) bond motifs is 1. The molecule has 0 bridgehead atoms. The Morgan fingerprint density at radius 2 is 1.75 bits per heavy atom. The zero-order valence-corrected chi connectivity index (χ0v) is 26.2. The van der Waals surface area contributed by atoms with Crippen LogP contribution in [0.15, 0.2) is 79.0 Å². The fraction of sp³-hybridized carbons (Fsp3) is 0.250. The maximum Gasteiger partial charge on any atom is 0.325 e. The Labute approximate surface area is 276 Å². The molecule has 6 rings (SSSR count). The van der Waals surface area contributed by atoms with Crippen molar-refractivity contribution in [3.63, 3.8) is 0 Å². The van der Waals surface area contributed by atoms with Crippen LogP contribution < -0.4 is 20.3 Å². The summed E-state index contributed by atoms with van der Waals surface area (Å²) in [5, 5.41) is 5.48. The molecule has 0 radical (unpaired) electrons. The number of esters is 1. The van der Waals surface area contributed by atoms with Crippen LogP contribution in [-0.2, 0) is 36.9 Å². The summed E-state index contributed by atoms with van der Waals surface area (Å²) in [5.41, 5.74) is 3.21. The highest BCUT2D eigenvalue weighted by atomic mass is 16.5. The summed E-state index contributed by atoms with van der Waals surface area (Å²) in [6.07, 6.45) is 3.99. The Balaban J connectivity index is 1.25. The first kappa shape index (κ1) is 32.2. The molecule has 0 saturated carbocycles. The lowest BCUT2D eigenvalue weighted by molar-refractivity contribution is -0.145. The molecule has 4 aromatic rings. The van der Waals surface area contributed by atoms with E-state index in [1.807, 2.05) is 42.5 Å². The van der Waals surface area contributed by atoms with Gasteiger partial charge < -0.3 is 24.4 Å². The number of carbonyl (C=O) groups is 5. The largest absolute Gasteiger partial charge is 0.478 e. The van der Waals surface area contributed by atoms with Crippen LogP contribution >= 0.6 is 0 Å². The van der Waals surface area contributed by atoms with Crippen LogP contribution in [-0.4, -0.2) is 65.1 Å². The standard InChI is InChI=1S/C36H33N5O7/c1-23-37-15-13-31(39-23)47-17-5-6-24-9-11-30-28(18-24)34(45)38-20-32(44)41(30)29-12-10-25(19-27(29)26-7-3-2-4-8-26)21-48-35(46)33-36(22-43,40-33)14-16-42/h2-4,7-13,15-16,18-19,22,33,40H,5-6,14,17,20-21H2,1H3,(H,38,45). The zero-order chi connectivity index (χ0) is 33.7. The zero-order valence-electron chi connectivity index (χ0n) is 26.2. The molecule has 3 aromatic carbocycles. The second kappa shape index (κ2) is 13.9. The van der Waals surface area contributed by atoms with E-state index in [0.717, 1.165) is 11.1 Å². The second-order valence-corrected chi connectivity index (χ2v) is 11.6. The highest BCUT2D eigenvalue weighted by molar-refractivity contribution is 6.14. The molecule has 12 heteroatoms. The maximum atomic E-state index is 13.6. The maximum absolute atomic E-state index is 13.6. The molecule has 2 atom stereocenters. The molecule has 2 aliphatic rings. The fourth-order valence-electron chi connectivity index (χ4n) is 5.73. The lowest BCUT2D eigenvalue weighted by Crippen LogP contribution is -2.33. The first-order chi connectivity index (χ1) is 23.3. The molecule has 2 aliphatic heterocycles. The number of ether oxygens (including phenoxy) is 2. The number of rotatable bonds is 13. The van der Waals surface area contributed by atoms with Crippen LogP contribution in [0.25, 0.3) is 11.1 Å². The van der Waals surface area contributed by atoms with Gasteiger partial charge in [-0.3, -0.25) is 24.6 Å². The third kappa shape index (κ3) is 6.83. The number of anilines is 2. The molecule has 2 amide bonds. The average molecular weight is 648 g/mol. The number of carbonyl (C=O) groups excluding carboxylic acids is 5. The molecule has 12 nitrogen and oxygen atoms in total. The molecule has 3 heterocycles. The highest BCUT2D eigenvalue weighted by Crippen LogP contribution is 2.39. The molecule has 48 heavy (non-hydrogen) atoms. The molecule has 1 saturated heterocycles. The first-order valence-electron chi connectivity index (χ1n) is 15.5. The van der Waals surface area contributed by atoms with E-state index in [1.165, 1.54) is 0 Å². The van der Waals surface area contributed by atoms with Gasteiger partial charge in [0.25, 0.3) is 11.8 Å². The molecule has 2 N–H and O–H groups in total. The Bertz CT molecular complexity index is 1880. The predicted octanol–water partition coefficient (Wildman–Crippen LogP) is 3.41. The molecular formula is C36H33N5O7. The summed E-state index contributed by atoms with van der Waals surface area (Å²) in [4.78, 5) is 71.8. The average Bonchev–Trinajstić information content (AvgIpc) is 3.85. The fourth-order valence-corrected chi connectivity index (χ4v) is 5.73. The molecule has 0 aliphatic carbocycles. The summed E-state index contributed by atoms with van der Waals surface area (Å²) < 4.78 is 11.2. The van der Waals surface area contributed by atoms with Crippen molar-refractivity contribution in [2.45, 2.75) is 44.4 Å². The van der Waals surface area contributed by atoms with E-state index in [0.29, 0.717) is 71.8 Å². The predicted molar refractivity (Wildman–Crippen MR) is 175 cm³/mol. The Kier molecular flexibility index (Phi) is 9.35. The van der Waals surface area contributed by atoms with Gasteiger partial charge in [0, 0.05) is 24.2 Å². The second-order valence-electron chi connectivity index (χ2n) is 11.6. The van der Waals surface area contributed by atoms with E-state index in [9.17, 15) is 24.0 Å². The SMILES string of the molecule is Cc1nccc(OCCCc2ccc3c(c2)C(=O)NCC(=O)N3c2ccc(COC(=O)C3NC3(C=O)CC=O)cc2-c2ccccc2)n1. The van der Waals surface area contributed by atoms with Crippen molar-refractivity contribution in [1.82, 2.24) is 20.6 Å². The molecular weight excluding hydrogens is 614 g/mol. The molecule has 244 valence electrons. The van der Waals surface area contributed by atoms with E-state index in [-0.39, 0.29) is 31.4 Å². The van der Waals surface area contributed by atoms with Gasteiger partial charge in [0.2, 0.25) is 5.88 Å². The molecule has 0 spiro atoms. The quantitative estimate of drug-likeness (QED) is 0.0950. The number of aryl methyl sites for hydroxylation is 2. The lowest BCUT2D eigenvalue weighted by Gasteiger charge is -2.26. The number of hydrogen-bond donors (Lipinski definition) is 2. The Hall–Kier alpha value is -5.75. The van der Waals surface area contributed by atoms with Gasteiger partial charge in [-0.05, 0) is 60.7 Å². The van der Waals surface area contributed by atoms with Crippen LogP contribution in [0.4, 0.5) is 11.4 Å². The van der Waals surface area contributed by atoms with Crippen LogP contribution in [0.5, 0.6) is 5.88 Å². The van der Waals surface area contributed by atoms with Crippen molar-refractivity contribution in [2.24, 2.45) is 0 Å². The topological polar surface area (TPSA) is 167 Å². The summed E-state index contributed by atoms with van der Waals surface area (Å²) in [7, 11) is 0. The van der Waals surface area contributed by atoms with Crippen molar-refractivity contribution in [2.75, 3.05) is 18.1 Å². The van der Waals surface area contributed by atoms with Gasteiger partial charge in [-0.25, -0.2) is 4.98 Å². The van der Waals surface area contributed by atoms with Crippen molar-refractivity contribution in [3.05, 3.63) is 102 Å². The minimum Gasteiger partial charge on any atom is -0.478 e. The van der Waals surface area contributed by atoms with Crippen LogP contribution in [0.2, 0.25) is 0 Å². The van der Waals surface area contributed by atoms with Gasteiger partial charge in [0.15, 0.2) is 0 Å². The highest BCUT2D eigenvalue weighted by Gasteiger charge is 2.59. The third-order valence-electron chi connectivity index (χ3n) is 8.29. The van der Waals surface area contributed by atoms with Crippen molar-refractivity contribution in [1.29, 1.82) is 0 Å². The van der Waals surface area contributed by atoms with Gasteiger partial charge >= 0.3 is 5.97 Å². The number of aldehydes is 2. The van der Waals surface area contributed by atoms with Crippen LogP contribution in [0.3, 0.4) is 0 Å². The minimum atomic E-state index is -1.21. The first-order valence-corrected chi connectivity index (χ1v) is 15.5. The minimum absolute atomic E-state index is 0.0956. The van der Waals surface area contributed by atoms with Gasteiger partial charge in [-0.2, -0.15) is 4.98 Å². The van der Waals surface area contributed by atoms with E-state index in [1.54, 1.807) is 48.4 Å². The van der Waals surface area contributed by atoms with Gasteiger partial charge in [0.1, 0.15) is 36.6 Å². The number of nitrogens with zero attached hydrogens (tertiary/aromatic N) is 3. The van der Waals surface area contributed by atoms with Crippen LogP contribution in [0.1, 0.15) is 40.2 Å². The summed E-state index contributed by atoms with van der Waals surface area (Å²) in [6, 6.07) is 21.1. The monoisotopic (exact) mass is 647 g/mol. The number of hydrogen-bond acceptors (Lipinski definition) is 10. The summed E-state index contributed by atoms with van der Waals surface area (Å²) in [5.74, 6) is -0.177. The van der Waals surface area contributed by atoms with Gasteiger partial charge in [-0.1, -0.05) is 42.5 Å². The van der Waals surface area contributed by atoms with Crippen LogP contribution in [0, 0.1) is 6.92 Å². The van der Waals surface area contributed by atoms with Gasteiger partial charge in [0.05, 0.1) is 30.1 Å². The van der Waals surface area contributed by atoms with Gasteiger partial charge in [-0.15, -0.1) is 0 Å². The van der Waals surface area contributed by atoms with E-state index >= 15 is 0 Å². The third-order valence-corrected chi connectivity index (χ3v) is 8.29. The lowest BCUT2D eigenvalue weighted by atomic mass is 9.98. The number of benzene rings is 3. The normalized spacial score (nSPS) is 18.3. The summed E-state index contributed by atoms with van der Waals surface area (Å²) >= 11 is 0. The Morgan fingerprint density at radius 3 is 2.50 bits per heavy atom. The molecule has 2 unspecified atom stereocenters. The smallest absolute Gasteiger partial charge is 0.325 e. The molecule has 1 aromatic heterocycles. The number of aromatic nitrogens is 2.